The summed E-state index contributed by atoms with van der Waals surface area (Å²) in [7, 11) is 0. The fraction of sp³-hybridized carbons (Fsp3) is 0.400. The van der Waals surface area contributed by atoms with Gasteiger partial charge in [-0.15, -0.1) is 5.10 Å². The lowest BCUT2D eigenvalue weighted by molar-refractivity contribution is 0.139. The van der Waals surface area contributed by atoms with Crippen LogP contribution in [0, 0.1) is 0 Å². The summed E-state index contributed by atoms with van der Waals surface area (Å²) in [6.07, 6.45) is 1.47. The smallest absolute Gasteiger partial charge is 0.407 e. The summed E-state index contributed by atoms with van der Waals surface area (Å²) in [5.41, 5.74) is 1.57. The highest BCUT2D eigenvalue weighted by Gasteiger charge is 2.06. The van der Waals surface area contributed by atoms with Crippen molar-refractivity contribution in [3.05, 3.63) is 47.8 Å². The molecule has 0 aliphatic rings. The quantitative estimate of drug-likeness (QED) is 0.808. The van der Waals surface area contributed by atoms with E-state index in [2.05, 4.69) is 15.6 Å². The Bertz CT molecular complexity index is 583. The molecule has 0 spiro atoms. The number of carbonyl (C=O) groups is 1. The van der Waals surface area contributed by atoms with Crippen LogP contribution in [0.15, 0.2) is 36.5 Å². The Hall–Kier alpha value is -2.41. The molecule has 0 aliphatic carbocycles. The van der Waals surface area contributed by atoms with Crippen LogP contribution in [0.4, 0.5) is 4.79 Å². The minimum atomic E-state index is -0.498. The van der Waals surface area contributed by atoms with Gasteiger partial charge in [0.05, 0.1) is 18.8 Å². The van der Waals surface area contributed by atoms with E-state index in [9.17, 15) is 9.90 Å². The monoisotopic (exact) mass is 304 g/mol. The first-order chi connectivity index (χ1) is 10.6. The highest BCUT2D eigenvalue weighted by atomic mass is 16.5. The second kappa shape index (κ2) is 8.14. The summed E-state index contributed by atoms with van der Waals surface area (Å²) < 4.78 is 6.74. The molecule has 2 N–H and O–H groups in total. The van der Waals surface area contributed by atoms with Crippen LogP contribution < -0.4 is 5.32 Å². The highest BCUT2D eigenvalue weighted by Crippen LogP contribution is 2.01. The number of aliphatic hydroxyl groups is 1. The van der Waals surface area contributed by atoms with Crippen molar-refractivity contribution in [1.29, 1.82) is 0 Å². The number of ether oxygens (including phenoxy) is 1. The third-order valence-electron chi connectivity index (χ3n) is 2.99. The van der Waals surface area contributed by atoms with Crippen LogP contribution in [0.5, 0.6) is 0 Å². The molecular formula is C15H20N4O3. The van der Waals surface area contributed by atoms with E-state index >= 15 is 0 Å². The van der Waals surface area contributed by atoms with Crippen LogP contribution in [-0.2, 0) is 24.4 Å². The molecule has 1 aromatic carbocycles. The molecule has 0 aliphatic heterocycles. The second-order valence-electron chi connectivity index (χ2n) is 5.03. The average molecular weight is 304 g/mol. The summed E-state index contributed by atoms with van der Waals surface area (Å²) in [5.74, 6) is 0. The van der Waals surface area contributed by atoms with Gasteiger partial charge in [0.15, 0.2) is 0 Å². The first-order valence-electron chi connectivity index (χ1n) is 7.15. The summed E-state index contributed by atoms with van der Waals surface area (Å²) in [6.45, 7) is 2.79. The topological polar surface area (TPSA) is 89.3 Å². The van der Waals surface area contributed by atoms with E-state index in [1.165, 1.54) is 0 Å². The van der Waals surface area contributed by atoms with Crippen LogP contribution in [0.25, 0.3) is 0 Å². The fourth-order valence-electron chi connectivity index (χ4n) is 1.78. The number of nitrogens with zero attached hydrogens (tertiary/aromatic N) is 3. The van der Waals surface area contributed by atoms with Crippen LogP contribution >= 0.6 is 0 Å². The first-order valence-corrected chi connectivity index (χ1v) is 7.15. The van der Waals surface area contributed by atoms with Crippen LogP contribution in [0.2, 0.25) is 0 Å². The zero-order valence-electron chi connectivity index (χ0n) is 12.5. The lowest BCUT2D eigenvalue weighted by atomic mass is 10.2. The molecule has 7 nitrogen and oxygen atoms in total. The van der Waals surface area contributed by atoms with E-state index in [0.717, 1.165) is 5.56 Å². The van der Waals surface area contributed by atoms with Crippen LogP contribution in [0.1, 0.15) is 24.6 Å². The van der Waals surface area contributed by atoms with Gasteiger partial charge in [-0.05, 0) is 18.9 Å². The van der Waals surface area contributed by atoms with Gasteiger partial charge in [0.2, 0.25) is 0 Å². The number of aromatic nitrogens is 3. The van der Waals surface area contributed by atoms with Gasteiger partial charge in [-0.25, -0.2) is 4.79 Å². The molecule has 118 valence electrons. The Morgan fingerprint density at radius 1 is 1.41 bits per heavy atom. The van der Waals surface area contributed by atoms with Gasteiger partial charge >= 0.3 is 6.09 Å². The Balaban J connectivity index is 1.70. The van der Waals surface area contributed by atoms with Gasteiger partial charge in [-0.1, -0.05) is 35.5 Å². The standard InChI is InChI=1S/C15H20N4O3/c1-12(20)7-8-19-10-14(17-18-19)9-16-15(21)22-11-13-5-3-2-4-6-13/h2-6,10,12,20H,7-9,11H2,1H3,(H,16,21). The third-order valence-corrected chi connectivity index (χ3v) is 2.99. The van der Waals surface area contributed by atoms with Gasteiger partial charge in [-0.3, -0.25) is 4.68 Å². The molecule has 1 aromatic heterocycles. The number of hydrogen-bond donors (Lipinski definition) is 2. The maximum Gasteiger partial charge on any atom is 0.407 e. The fourth-order valence-corrected chi connectivity index (χ4v) is 1.78. The molecule has 1 unspecified atom stereocenters. The normalized spacial score (nSPS) is 11.9. The number of rotatable bonds is 7. The SMILES string of the molecule is CC(O)CCn1cc(CNC(=O)OCc2ccccc2)nn1. The number of carbonyl (C=O) groups excluding carboxylic acids is 1. The average Bonchev–Trinajstić information content (AvgIpc) is 2.98. The zero-order valence-corrected chi connectivity index (χ0v) is 12.5. The van der Waals surface area contributed by atoms with Crippen molar-refractivity contribution in [2.75, 3.05) is 0 Å². The second-order valence-corrected chi connectivity index (χ2v) is 5.03. The first kappa shape index (κ1) is 16.0. The Morgan fingerprint density at radius 3 is 2.91 bits per heavy atom. The molecule has 0 radical (unpaired) electrons. The molecule has 1 atom stereocenters. The number of alkyl carbamates (subject to hydrolysis) is 1. The summed E-state index contributed by atoms with van der Waals surface area (Å²) in [4.78, 5) is 11.6. The Labute approximate surface area is 128 Å². The number of benzene rings is 1. The van der Waals surface area contributed by atoms with Crippen molar-refractivity contribution in [3.8, 4) is 0 Å². The van der Waals surface area contributed by atoms with E-state index in [1.54, 1.807) is 17.8 Å². The van der Waals surface area contributed by atoms with Gasteiger partial charge in [0, 0.05) is 6.54 Å². The molecular weight excluding hydrogens is 284 g/mol. The lowest BCUT2D eigenvalue weighted by Gasteiger charge is -2.05. The zero-order chi connectivity index (χ0) is 15.8. The molecule has 0 bridgehead atoms. The number of nitrogens with one attached hydrogen (secondary N) is 1. The lowest BCUT2D eigenvalue weighted by Crippen LogP contribution is -2.23. The van der Waals surface area contributed by atoms with E-state index in [-0.39, 0.29) is 19.3 Å². The summed E-state index contributed by atoms with van der Waals surface area (Å²) in [6, 6.07) is 9.47. The largest absolute Gasteiger partial charge is 0.445 e. The van der Waals surface area contributed by atoms with Crippen molar-refractivity contribution in [1.82, 2.24) is 20.3 Å². The van der Waals surface area contributed by atoms with Gasteiger partial charge in [0.1, 0.15) is 12.3 Å². The van der Waals surface area contributed by atoms with Crippen molar-refractivity contribution >= 4 is 6.09 Å². The van der Waals surface area contributed by atoms with E-state index < -0.39 is 6.09 Å². The summed E-state index contributed by atoms with van der Waals surface area (Å²) in [5, 5.41) is 19.7. The number of hydrogen-bond acceptors (Lipinski definition) is 5. The van der Waals surface area contributed by atoms with Crippen molar-refractivity contribution in [2.24, 2.45) is 0 Å². The highest BCUT2D eigenvalue weighted by molar-refractivity contribution is 5.67. The van der Waals surface area contributed by atoms with Crippen LogP contribution in [-0.4, -0.2) is 32.3 Å². The van der Waals surface area contributed by atoms with Crippen LogP contribution in [0.3, 0.4) is 0 Å². The Morgan fingerprint density at radius 2 is 2.18 bits per heavy atom. The number of aryl methyl sites for hydroxylation is 1. The number of amides is 1. The third kappa shape index (κ3) is 5.53. The predicted molar refractivity (Wildman–Crippen MR) is 79.8 cm³/mol. The molecule has 1 amide bonds. The van der Waals surface area contributed by atoms with Crippen molar-refractivity contribution < 1.29 is 14.6 Å². The van der Waals surface area contributed by atoms with Gasteiger partial charge in [-0.2, -0.15) is 0 Å². The van der Waals surface area contributed by atoms with E-state index in [1.807, 2.05) is 30.3 Å². The van der Waals surface area contributed by atoms with Crippen molar-refractivity contribution in [2.45, 2.75) is 39.1 Å². The molecule has 7 heteroatoms. The van der Waals surface area contributed by atoms with Gasteiger partial charge in [0.25, 0.3) is 0 Å². The van der Waals surface area contributed by atoms with Gasteiger partial charge < -0.3 is 15.2 Å². The molecule has 1 heterocycles. The minimum absolute atomic E-state index is 0.230. The van der Waals surface area contributed by atoms with E-state index in [0.29, 0.717) is 18.7 Å². The maximum atomic E-state index is 11.6. The summed E-state index contributed by atoms with van der Waals surface area (Å²) >= 11 is 0. The van der Waals surface area contributed by atoms with Crippen molar-refractivity contribution in [3.63, 3.8) is 0 Å². The molecule has 0 fully saturated rings. The molecule has 0 saturated carbocycles. The maximum absolute atomic E-state index is 11.6. The minimum Gasteiger partial charge on any atom is -0.445 e. The molecule has 0 saturated heterocycles. The number of aliphatic hydroxyl groups excluding tert-OH is 1. The Kier molecular flexibility index (Phi) is 5.91. The predicted octanol–water partition coefficient (Wildman–Crippen LogP) is 1.48. The van der Waals surface area contributed by atoms with E-state index in [4.69, 9.17) is 4.74 Å². The molecule has 2 aromatic rings. The molecule has 2 rings (SSSR count). The molecule has 22 heavy (non-hydrogen) atoms.